The molecule has 0 bridgehead atoms. The van der Waals surface area contributed by atoms with Gasteiger partial charge in [-0.05, 0) is 62.3 Å². The molecule has 0 spiro atoms. The fourth-order valence-electron chi connectivity index (χ4n) is 4.05. The lowest BCUT2D eigenvalue weighted by Crippen LogP contribution is -2.46. The number of rotatable bonds is 2. The van der Waals surface area contributed by atoms with E-state index < -0.39 is 0 Å². The Morgan fingerprint density at radius 2 is 1.95 bits per heavy atom. The van der Waals surface area contributed by atoms with Gasteiger partial charge in [0.1, 0.15) is 4.99 Å². The molecule has 1 saturated heterocycles. The molecule has 1 aliphatic carbocycles. The van der Waals surface area contributed by atoms with E-state index in [4.69, 9.17) is 18.0 Å². The highest BCUT2D eigenvalue weighted by Crippen LogP contribution is 2.38. The SMILES string of the molecule is Cc1cc(N2CCCC3CCCCC32)ccc1C(N)=S. The van der Waals surface area contributed by atoms with Gasteiger partial charge in [0.15, 0.2) is 0 Å². The van der Waals surface area contributed by atoms with Crippen molar-refractivity contribution < 1.29 is 0 Å². The predicted molar refractivity (Wildman–Crippen MR) is 89.4 cm³/mol. The van der Waals surface area contributed by atoms with Gasteiger partial charge >= 0.3 is 0 Å². The number of aryl methyl sites for hydroxylation is 1. The Morgan fingerprint density at radius 3 is 2.70 bits per heavy atom. The minimum atomic E-state index is 0.503. The summed E-state index contributed by atoms with van der Waals surface area (Å²) in [6.45, 7) is 3.31. The zero-order chi connectivity index (χ0) is 14.1. The summed E-state index contributed by atoms with van der Waals surface area (Å²) in [6, 6.07) is 7.33. The van der Waals surface area contributed by atoms with Gasteiger partial charge in [-0.15, -0.1) is 0 Å². The van der Waals surface area contributed by atoms with E-state index in [1.54, 1.807) is 0 Å². The highest BCUT2D eigenvalue weighted by Gasteiger charge is 2.33. The number of thiocarbonyl (C=S) groups is 1. The van der Waals surface area contributed by atoms with Crippen LogP contribution in [0.5, 0.6) is 0 Å². The molecule has 2 nitrogen and oxygen atoms in total. The molecule has 0 radical (unpaired) electrons. The highest BCUT2D eigenvalue weighted by molar-refractivity contribution is 7.80. The van der Waals surface area contributed by atoms with E-state index in [1.165, 1.54) is 56.3 Å². The van der Waals surface area contributed by atoms with Crippen molar-refractivity contribution in [2.75, 3.05) is 11.4 Å². The molecule has 2 fully saturated rings. The molecule has 108 valence electrons. The van der Waals surface area contributed by atoms with Gasteiger partial charge in [0.05, 0.1) is 0 Å². The van der Waals surface area contributed by atoms with Crippen LogP contribution >= 0.6 is 12.2 Å². The molecule has 2 unspecified atom stereocenters. The van der Waals surface area contributed by atoms with E-state index in [9.17, 15) is 0 Å². The summed E-state index contributed by atoms with van der Waals surface area (Å²) < 4.78 is 0. The number of nitrogens with zero attached hydrogens (tertiary/aromatic N) is 1. The summed E-state index contributed by atoms with van der Waals surface area (Å²) in [5, 5.41) is 0. The molecule has 2 N–H and O–H groups in total. The molecule has 3 rings (SSSR count). The van der Waals surface area contributed by atoms with Crippen LogP contribution < -0.4 is 10.6 Å². The average Bonchev–Trinajstić information content (AvgIpc) is 2.46. The lowest BCUT2D eigenvalue weighted by atomic mass is 9.78. The lowest BCUT2D eigenvalue weighted by molar-refractivity contribution is 0.244. The van der Waals surface area contributed by atoms with Crippen molar-refractivity contribution in [2.45, 2.75) is 51.5 Å². The summed E-state index contributed by atoms with van der Waals surface area (Å²) in [5.74, 6) is 0.910. The monoisotopic (exact) mass is 288 g/mol. The van der Waals surface area contributed by atoms with Gasteiger partial charge in [0.25, 0.3) is 0 Å². The fraction of sp³-hybridized carbons (Fsp3) is 0.588. The van der Waals surface area contributed by atoms with Gasteiger partial charge in [-0.25, -0.2) is 0 Å². The van der Waals surface area contributed by atoms with Gasteiger partial charge in [-0.2, -0.15) is 0 Å². The van der Waals surface area contributed by atoms with E-state index in [0.717, 1.165) is 17.5 Å². The predicted octanol–water partition coefficient (Wildman–Crippen LogP) is 3.79. The second-order valence-electron chi connectivity index (χ2n) is 6.31. The molecule has 20 heavy (non-hydrogen) atoms. The Bertz CT molecular complexity index is 510. The van der Waals surface area contributed by atoms with E-state index >= 15 is 0 Å². The van der Waals surface area contributed by atoms with E-state index in [1.807, 2.05) is 0 Å². The lowest BCUT2D eigenvalue weighted by Gasteiger charge is -2.45. The largest absolute Gasteiger partial charge is 0.389 e. The van der Waals surface area contributed by atoms with Gasteiger partial charge in [0.2, 0.25) is 0 Å². The third-order valence-electron chi connectivity index (χ3n) is 5.05. The fourth-order valence-corrected chi connectivity index (χ4v) is 4.28. The van der Waals surface area contributed by atoms with E-state index in [0.29, 0.717) is 4.99 Å². The minimum absolute atomic E-state index is 0.503. The van der Waals surface area contributed by atoms with Crippen molar-refractivity contribution in [3.63, 3.8) is 0 Å². The molecule has 1 aromatic rings. The Labute approximate surface area is 127 Å². The molecular formula is C17H24N2S. The Kier molecular flexibility index (Phi) is 3.97. The maximum Gasteiger partial charge on any atom is 0.104 e. The van der Waals surface area contributed by atoms with Crippen LogP contribution in [0.2, 0.25) is 0 Å². The first-order chi connectivity index (χ1) is 9.66. The van der Waals surface area contributed by atoms with Gasteiger partial charge in [0, 0.05) is 23.8 Å². The molecule has 1 aromatic carbocycles. The van der Waals surface area contributed by atoms with Crippen LogP contribution in [-0.4, -0.2) is 17.6 Å². The van der Waals surface area contributed by atoms with Crippen molar-refractivity contribution in [1.82, 2.24) is 0 Å². The Morgan fingerprint density at radius 1 is 1.20 bits per heavy atom. The second-order valence-corrected chi connectivity index (χ2v) is 6.75. The molecule has 0 amide bonds. The third kappa shape index (κ3) is 2.56. The number of anilines is 1. The first-order valence-electron chi connectivity index (χ1n) is 7.84. The smallest absolute Gasteiger partial charge is 0.104 e. The normalized spacial score (nSPS) is 26.1. The van der Waals surface area contributed by atoms with Crippen LogP contribution in [0, 0.1) is 12.8 Å². The zero-order valence-electron chi connectivity index (χ0n) is 12.3. The second kappa shape index (κ2) is 5.72. The molecule has 2 atom stereocenters. The topological polar surface area (TPSA) is 29.3 Å². The number of nitrogens with two attached hydrogens (primary N) is 1. The minimum Gasteiger partial charge on any atom is -0.389 e. The summed E-state index contributed by atoms with van der Waals surface area (Å²) in [7, 11) is 0. The van der Waals surface area contributed by atoms with Gasteiger partial charge in [-0.1, -0.05) is 25.1 Å². The van der Waals surface area contributed by atoms with E-state index in [2.05, 4.69) is 30.0 Å². The maximum absolute atomic E-state index is 5.77. The molecule has 1 heterocycles. The summed E-state index contributed by atoms with van der Waals surface area (Å²) >= 11 is 5.11. The quantitative estimate of drug-likeness (QED) is 0.840. The van der Waals surface area contributed by atoms with Crippen molar-refractivity contribution in [3.8, 4) is 0 Å². The number of piperidine rings is 1. The van der Waals surface area contributed by atoms with Crippen molar-refractivity contribution >= 4 is 22.9 Å². The Hall–Kier alpha value is -1.09. The molecule has 1 aliphatic heterocycles. The number of hydrogen-bond donors (Lipinski definition) is 1. The average molecular weight is 288 g/mol. The van der Waals surface area contributed by atoms with Crippen LogP contribution in [0.15, 0.2) is 18.2 Å². The van der Waals surface area contributed by atoms with Gasteiger partial charge < -0.3 is 10.6 Å². The molecule has 3 heteroatoms. The summed E-state index contributed by atoms with van der Waals surface area (Å²) in [4.78, 5) is 3.15. The molecule has 2 aliphatic rings. The van der Waals surface area contributed by atoms with Crippen LogP contribution in [0.3, 0.4) is 0 Å². The third-order valence-corrected chi connectivity index (χ3v) is 5.27. The van der Waals surface area contributed by atoms with Crippen LogP contribution in [0.1, 0.15) is 49.7 Å². The summed E-state index contributed by atoms with van der Waals surface area (Å²) in [5.41, 5.74) is 9.34. The molecule has 1 saturated carbocycles. The number of benzene rings is 1. The van der Waals surface area contributed by atoms with E-state index in [-0.39, 0.29) is 0 Å². The first kappa shape index (κ1) is 13.9. The zero-order valence-corrected chi connectivity index (χ0v) is 13.1. The molecular weight excluding hydrogens is 264 g/mol. The number of fused-ring (bicyclic) bond motifs is 1. The summed E-state index contributed by atoms with van der Waals surface area (Å²) in [6.07, 6.45) is 8.35. The van der Waals surface area contributed by atoms with Crippen LogP contribution in [0.25, 0.3) is 0 Å². The van der Waals surface area contributed by atoms with Crippen LogP contribution in [0.4, 0.5) is 5.69 Å². The highest BCUT2D eigenvalue weighted by atomic mass is 32.1. The van der Waals surface area contributed by atoms with Crippen LogP contribution in [-0.2, 0) is 0 Å². The Balaban J connectivity index is 1.87. The number of hydrogen-bond acceptors (Lipinski definition) is 2. The van der Waals surface area contributed by atoms with Crippen molar-refractivity contribution in [2.24, 2.45) is 11.7 Å². The van der Waals surface area contributed by atoms with Crippen molar-refractivity contribution in [3.05, 3.63) is 29.3 Å². The van der Waals surface area contributed by atoms with Crippen molar-refractivity contribution in [1.29, 1.82) is 0 Å². The maximum atomic E-state index is 5.77. The molecule has 0 aromatic heterocycles. The first-order valence-corrected chi connectivity index (χ1v) is 8.25. The van der Waals surface area contributed by atoms with Gasteiger partial charge in [-0.3, -0.25) is 0 Å². The standard InChI is InChI=1S/C17H24N2S/c1-12-11-14(8-9-15(12)17(18)20)19-10-4-6-13-5-2-3-7-16(13)19/h8-9,11,13,16H,2-7,10H2,1H3,(H2,18,20).